The molecule has 1 aromatic rings. The summed E-state index contributed by atoms with van der Waals surface area (Å²) in [5.41, 5.74) is 1.04. The quantitative estimate of drug-likeness (QED) is 0.674. The molecule has 0 spiro atoms. The van der Waals surface area contributed by atoms with E-state index in [-0.39, 0.29) is 29.7 Å². The molecule has 4 bridgehead atoms. The van der Waals surface area contributed by atoms with Gasteiger partial charge in [-0.1, -0.05) is 19.3 Å². The fourth-order valence-corrected chi connectivity index (χ4v) is 7.48. The Morgan fingerprint density at radius 3 is 2.06 bits per heavy atom. The first-order valence-electron chi connectivity index (χ1n) is 12.9. The van der Waals surface area contributed by atoms with Crippen LogP contribution in [0, 0.1) is 23.2 Å². The highest BCUT2D eigenvalue weighted by atomic mass is 16.2. The van der Waals surface area contributed by atoms with Crippen LogP contribution in [0.1, 0.15) is 81.0 Å². The van der Waals surface area contributed by atoms with E-state index in [4.69, 9.17) is 0 Å². The van der Waals surface area contributed by atoms with Crippen molar-refractivity contribution in [2.75, 3.05) is 18.9 Å². The number of nitrogens with zero attached hydrogens (tertiary/aromatic N) is 1. The number of carbonyl (C=O) groups excluding carboxylic acids is 3. The zero-order valence-corrected chi connectivity index (χ0v) is 19.8. The lowest BCUT2D eigenvalue weighted by molar-refractivity contribution is -0.146. The standard InChI is InChI=1S/C27H37N3O3/c1-30(23-5-3-2-4-6-23)25(32)21-7-9-22(10-8-21)29-24(31)17-28-26(33)27-14-18-11-19(15-27)13-20(12-18)16-27/h7-10,18-20,23H,2-6,11-17H2,1H3,(H,28,33)(H,29,31). The van der Waals surface area contributed by atoms with E-state index < -0.39 is 0 Å². The highest BCUT2D eigenvalue weighted by Crippen LogP contribution is 2.60. The van der Waals surface area contributed by atoms with E-state index in [0.29, 0.717) is 35.0 Å². The summed E-state index contributed by atoms with van der Waals surface area (Å²) in [5.74, 6) is 1.98. The van der Waals surface area contributed by atoms with Gasteiger partial charge in [-0.15, -0.1) is 0 Å². The predicted molar refractivity (Wildman–Crippen MR) is 128 cm³/mol. The second-order valence-electron chi connectivity index (χ2n) is 11.2. The van der Waals surface area contributed by atoms with Crippen LogP contribution in [0.5, 0.6) is 0 Å². The van der Waals surface area contributed by atoms with Crippen LogP contribution in [0.25, 0.3) is 0 Å². The van der Waals surface area contributed by atoms with E-state index in [2.05, 4.69) is 10.6 Å². The van der Waals surface area contributed by atoms with Crippen molar-refractivity contribution in [2.45, 2.75) is 76.7 Å². The molecule has 6 nitrogen and oxygen atoms in total. The number of anilines is 1. The van der Waals surface area contributed by atoms with Gasteiger partial charge < -0.3 is 15.5 Å². The molecule has 2 N–H and O–H groups in total. The maximum atomic E-state index is 13.0. The fourth-order valence-electron chi connectivity index (χ4n) is 7.48. The summed E-state index contributed by atoms with van der Waals surface area (Å²) in [5, 5.41) is 5.78. The van der Waals surface area contributed by atoms with Gasteiger partial charge in [-0.3, -0.25) is 14.4 Å². The van der Waals surface area contributed by atoms with Crippen molar-refractivity contribution in [2.24, 2.45) is 23.2 Å². The summed E-state index contributed by atoms with van der Waals surface area (Å²) in [6.07, 6.45) is 12.7. The molecule has 0 unspecified atom stereocenters. The molecule has 0 radical (unpaired) electrons. The molecule has 0 aromatic heterocycles. The summed E-state index contributed by atoms with van der Waals surface area (Å²) in [6, 6.07) is 7.39. The second-order valence-corrected chi connectivity index (χ2v) is 11.2. The van der Waals surface area contributed by atoms with Crippen LogP contribution in [-0.2, 0) is 9.59 Å². The van der Waals surface area contributed by atoms with Crippen molar-refractivity contribution in [1.29, 1.82) is 0 Å². The van der Waals surface area contributed by atoms with Gasteiger partial charge in [-0.05, 0) is 93.4 Å². The number of amides is 3. The Labute approximate surface area is 196 Å². The van der Waals surface area contributed by atoms with Crippen LogP contribution >= 0.6 is 0 Å². The SMILES string of the molecule is CN(C(=O)c1ccc(NC(=O)CNC(=O)C23CC4CC(CC(C4)C2)C3)cc1)C1CCCCC1. The molecule has 0 saturated heterocycles. The van der Waals surface area contributed by atoms with Crippen LogP contribution in [0.3, 0.4) is 0 Å². The highest BCUT2D eigenvalue weighted by molar-refractivity contribution is 5.97. The maximum Gasteiger partial charge on any atom is 0.253 e. The van der Waals surface area contributed by atoms with Gasteiger partial charge in [-0.2, -0.15) is 0 Å². The molecule has 5 fully saturated rings. The molecular formula is C27H37N3O3. The minimum atomic E-state index is -0.235. The Balaban J connectivity index is 1.11. The fraction of sp³-hybridized carbons (Fsp3) is 0.667. The van der Waals surface area contributed by atoms with E-state index in [1.54, 1.807) is 24.3 Å². The molecule has 5 aliphatic carbocycles. The Morgan fingerprint density at radius 2 is 1.48 bits per heavy atom. The molecular weight excluding hydrogens is 414 g/mol. The van der Waals surface area contributed by atoms with E-state index in [1.165, 1.54) is 38.5 Å². The number of carbonyl (C=O) groups is 3. The average molecular weight is 452 g/mol. The van der Waals surface area contributed by atoms with Gasteiger partial charge in [0, 0.05) is 29.8 Å². The molecule has 0 heterocycles. The molecule has 0 atom stereocenters. The van der Waals surface area contributed by atoms with Crippen molar-refractivity contribution in [1.82, 2.24) is 10.2 Å². The molecule has 6 heteroatoms. The van der Waals surface area contributed by atoms with E-state index >= 15 is 0 Å². The Bertz CT molecular complexity index is 868. The van der Waals surface area contributed by atoms with Gasteiger partial charge in [-0.25, -0.2) is 0 Å². The summed E-state index contributed by atoms with van der Waals surface area (Å²) in [4.78, 5) is 40.2. The van der Waals surface area contributed by atoms with Gasteiger partial charge in [0.15, 0.2) is 0 Å². The monoisotopic (exact) mass is 451 g/mol. The number of hydrogen-bond acceptors (Lipinski definition) is 3. The van der Waals surface area contributed by atoms with Crippen molar-refractivity contribution >= 4 is 23.4 Å². The van der Waals surface area contributed by atoms with Gasteiger partial charge >= 0.3 is 0 Å². The summed E-state index contributed by atoms with van der Waals surface area (Å²) >= 11 is 0. The lowest BCUT2D eigenvalue weighted by atomic mass is 9.49. The molecule has 0 aliphatic heterocycles. The molecule has 5 saturated carbocycles. The minimum Gasteiger partial charge on any atom is -0.347 e. The van der Waals surface area contributed by atoms with E-state index in [1.807, 2.05) is 11.9 Å². The lowest BCUT2D eigenvalue weighted by Crippen LogP contribution is -2.54. The van der Waals surface area contributed by atoms with Crippen LogP contribution < -0.4 is 10.6 Å². The summed E-state index contributed by atoms with van der Waals surface area (Å²) in [7, 11) is 1.89. The summed E-state index contributed by atoms with van der Waals surface area (Å²) in [6.45, 7) is -0.00825. The predicted octanol–water partition coefficient (Wildman–Crippen LogP) is 4.36. The topological polar surface area (TPSA) is 78.5 Å². The van der Waals surface area contributed by atoms with Crippen LogP contribution in [0.2, 0.25) is 0 Å². The summed E-state index contributed by atoms with van der Waals surface area (Å²) < 4.78 is 0. The molecule has 6 rings (SSSR count). The van der Waals surface area contributed by atoms with Gasteiger partial charge in [0.2, 0.25) is 11.8 Å². The third-order valence-electron chi connectivity index (χ3n) is 8.79. The molecule has 1 aromatic carbocycles. The number of benzene rings is 1. The van der Waals surface area contributed by atoms with Crippen molar-refractivity contribution in [3.63, 3.8) is 0 Å². The smallest absolute Gasteiger partial charge is 0.253 e. The maximum absolute atomic E-state index is 13.0. The van der Waals surface area contributed by atoms with Crippen LogP contribution in [-0.4, -0.2) is 42.3 Å². The molecule has 5 aliphatic rings. The zero-order valence-electron chi connectivity index (χ0n) is 19.8. The number of nitrogens with one attached hydrogen (secondary N) is 2. The van der Waals surface area contributed by atoms with Gasteiger partial charge in [0.1, 0.15) is 0 Å². The van der Waals surface area contributed by atoms with Crippen LogP contribution in [0.15, 0.2) is 24.3 Å². The number of rotatable bonds is 6. The van der Waals surface area contributed by atoms with Crippen molar-refractivity contribution < 1.29 is 14.4 Å². The molecule has 3 amide bonds. The largest absolute Gasteiger partial charge is 0.347 e. The number of hydrogen-bond donors (Lipinski definition) is 2. The van der Waals surface area contributed by atoms with E-state index in [0.717, 1.165) is 32.1 Å². The Hall–Kier alpha value is -2.37. The third kappa shape index (κ3) is 4.67. The van der Waals surface area contributed by atoms with Crippen molar-refractivity contribution in [3.8, 4) is 0 Å². The molecule has 178 valence electrons. The first-order valence-corrected chi connectivity index (χ1v) is 12.9. The Kier molecular flexibility index (Phi) is 6.19. The third-order valence-corrected chi connectivity index (χ3v) is 8.79. The first kappa shape index (κ1) is 22.4. The van der Waals surface area contributed by atoms with Gasteiger partial charge in [0.25, 0.3) is 5.91 Å². The Morgan fingerprint density at radius 1 is 0.909 bits per heavy atom. The first-order chi connectivity index (χ1) is 15.9. The average Bonchev–Trinajstić information content (AvgIpc) is 2.82. The van der Waals surface area contributed by atoms with E-state index in [9.17, 15) is 14.4 Å². The highest BCUT2D eigenvalue weighted by Gasteiger charge is 2.54. The molecule has 33 heavy (non-hydrogen) atoms. The minimum absolute atomic E-state index is 0.00825. The zero-order chi connectivity index (χ0) is 23.0. The second kappa shape index (κ2) is 9.11. The van der Waals surface area contributed by atoms with Gasteiger partial charge in [0.05, 0.1) is 6.54 Å². The van der Waals surface area contributed by atoms with Crippen molar-refractivity contribution in [3.05, 3.63) is 29.8 Å². The normalized spacial score (nSPS) is 30.6. The lowest BCUT2D eigenvalue weighted by Gasteiger charge is -2.55. The van der Waals surface area contributed by atoms with Crippen LogP contribution in [0.4, 0.5) is 5.69 Å².